The number of H-pyrrole nitrogens is 1. The molecule has 0 fully saturated rings. The van der Waals surface area contributed by atoms with Gasteiger partial charge in [-0.25, -0.2) is 9.97 Å². The Hall–Kier alpha value is -3.26. The predicted octanol–water partition coefficient (Wildman–Crippen LogP) is 2.11. The molecule has 0 radical (unpaired) electrons. The van der Waals surface area contributed by atoms with Crippen molar-refractivity contribution in [2.24, 2.45) is 0 Å². The molecule has 8 heteroatoms. The zero-order valence-corrected chi connectivity index (χ0v) is 16.7. The lowest BCUT2D eigenvalue weighted by Gasteiger charge is -2.28. The van der Waals surface area contributed by atoms with E-state index in [1.165, 1.54) is 0 Å². The van der Waals surface area contributed by atoms with E-state index in [-0.39, 0.29) is 5.56 Å². The summed E-state index contributed by atoms with van der Waals surface area (Å²) in [4.78, 5) is 31.0. The summed E-state index contributed by atoms with van der Waals surface area (Å²) < 4.78 is 11.0. The molecule has 4 rings (SSSR count). The molecule has 0 atom stereocenters. The van der Waals surface area contributed by atoms with Gasteiger partial charge in [0.15, 0.2) is 5.82 Å². The molecule has 1 N–H and O–H groups in total. The maximum absolute atomic E-state index is 12.7. The van der Waals surface area contributed by atoms with Gasteiger partial charge in [-0.05, 0) is 19.1 Å². The highest BCUT2D eigenvalue weighted by Crippen LogP contribution is 2.30. The minimum absolute atomic E-state index is 0.135. The number of nitrogens with zero attached hydrogens (tertiary/aromatic N) is 4. The van der Waals surface area contributed by atoms with Crippen LogP contribution in [-0.4, -0.2) is 45.6 Å². The van der Waals surface area contributed by atoms with E-state index in [4.69, 9.17) is 9.47 Å². The summed E-state index contributed by atoms with van der Waals surface area (Å²) in [7, 11) is 3.29. The monoisotopic (exact) mass is 393 g/mol. The third kappa shape index (κ3) is 3.84. The number of aromatic amines is 1. The number of benzene rings is 1. The van der Waals surface area contributed by atoms with Gasteiger partial charge in [0.25, 0.3) is 5.56 Å². The van der Waals surface area contributed by atoms with Gasteiger partial charge in [0.2, 0.25) is 0 Å². The van der Waals surface area contributed by atoms with Crippen LogP contribution in [0.15, 0.2) is 35.4 Å². The van der Waals surface area contributed by atoms with E-state index in [9.17, 15) is 4.79 Å². The summed E-state index contributed by atoms with van der Waals surface area (Å²) in [6.45, 7) is 3.78. The van der Waals surface area contributed by atoms with Crippen LogP contribution in [0.25, 0.3) is 11.5 Å². The van der Waals surface area contributed by atoms with E-state index in [1.807, 2.05) is 25.1 Å². The fourth-order valence-electron chi connectivity index (χ4n) is 3.56. The largest absolute Gasteiger partial charge is 0.496 e. The van der Waals surface area contributed by atoms with E-state index in [0.29, 0.717) is 36.6 Å². The molecule has 0 saturated carbocycles. The van der Waals surface area contributed by atoms with Crippen LogP contribution in [0.2, 0.25) is 0 Å². The first kappa shape index (κ1) is 19.1. The summed E-state index contributed by atoms with van der Waals surface area (Å²) >= 11 is 0. The number of hydrogen-bond acceptors (Lipinski definition) is 7. The normalized spacial score (nSPS) is 13.8. The lowest BCUT2D eigenvalue weighted by Crippen LogP contribution is -2.35. The number of ether oxygens (including phenoxy) is 2. The van der Waals surface area contributed by atoms with Crippen LogP contribution in [-0.2, 0) is 19.5 Å². The Bertz CT molecular complexity index is 1060. The Morgan fingerprint density at radius 3 is 2.55 bits per heavy atom. The Balaban J connectivity index is 1.60. The molecule has 29 heavy (non-hydrogen) atoms. The van der Waals surface area contributed by atoms with Crippen LogP contribution in [0.5, 0.6) is 11.5 Å². The molecule has 3 heterocycles. The maximum Gasteiger partial charge on any atom is 0.255 e. The van der Waals surface area contributed by atoms with Crippen molar-refractivity contribution >= 4 is 0 Å². The second-order valence-electron chi connectivity index (χ2n) is 6.98. The van der Waals surface area contributed by atoms with E-state index in [1.54, 1.807) is 26.6 Å². The van der Waals surface area contributed by atoms with Gasteiger partial charge in [0.1, 0.15) is 17.2 Å². The van der Waals surface area contributed by atoms with Crippen LogP contribution in [0.1, 0.15) is 22.5 Å². The highest BCUT2D eigenvalue weighted by atomic mass is 16.5. The van der Waals surface area contributed by atoms with Crippen LogP contribution < -0.4 is 15.0 Å². The van der Waals surface area contributed by atoms with Crippen molar-refractivity contribution in [2.45, 2.75) is 26.4 Å². The molecule has 3 aromatic rings. The zero-order valence-electron chi connectivity index (χ0n) is 16.7. The van der Waals surface area contributed by atoms with E-state index < -0.39 is 0 Å². The highest BCUT2D eigenvalue weighted by molar-refractivity contribution is 5.48. The molecule has 0 bridgehead atoms. The summed E-state index contributed by atoms with van der Waals surface area (Å²) in [6, 6.07) is 5.73. The Morgan fingerprint density at radius 2 is 1.90 bits per heavy atom. The molecule has 8 nitrogen and oxygen atoms in total. The standard InChI is InChI=1S/C21H23N5O3/c1-13-9-23-17(10-22-13)20-24-16-7-8-26(11-14(16)21(27)25-20)12-15-18(28-2)5-4-6-19(15)29-3/h4-6,9-10H,7-8,11-12H2,1-3H3,(H,24,25,27). The van der Waals surface area contributed by atoms with E-state index in [0.717, 1.165) is 35.0 Å². The third-order valence-electron chi connectivity index (χ3n) is 5.08. The summed E-state index contributed by atoms with van der Waals surface area (Å²) in [5, 5.41) is 0. The minimum Gasteiger partial charge on any atom is -0.496 e. The van der Waals surface area contributed by atoms with Crippen molar-refractivity contribution < 1.29 is 9.47 Å². The number of nitrogens with one attached hydrogen (secondary N) is 1. The molecular weight excluding hydrogens is 370 g/mol. The average Bonchev–Trinajstić information content (AvgIpc) is 2.74. The van der Waals surface area contributed by atoms with Gasteiger partial charge in [0, 0.05) is 32.3 Å². The number of aryl methyl sites for hydroxylation is 1. The van der Waals surface area contributed by atoms with Gasteiger partial charge in [-0.1, -0.05) is 6.07 Å². The maximum atomic E-state index is 12.7. The lowest BCUT2D eigenvalue weighted by atomic mass is 10.0. The molecule has 1 aliphatic rings. The van der Waals surface area contributed by atoms with Crippen LogP contribution in [0.4, 0.5) is 0 Å². The molecule has 1 aliphatic heterocycles. The van der Waals surface area contributed by atoms with Crippen molar-refractivity contribution in [2.75, 3.05) is 20.8 Å². The van der Waals surface area contributed by atoms with Gasteiger partial charge in [0.05, 0.1) is 42.9 Å². The number of methoxy groups -OCH3 is 2. The molecule has 1 aromatic carbocycles. The van der Waals surface area contributed by atoms with Crippen molar-refractivity contribution in [3.05, 3.63) is 63.5 Å². The molecule has 0 spiro atoms. The zero-order chi connectivity index (χ0) is 20.4. The second kappa shape index (κ2) is 8.00. The average molecular weight is 393 g/mol. The van der Waals surface area contributed by atoms with Gasteiger partial charge in [-0.2, -0.15) is 0 Å². The molecule has 150 valence electrons. The molecule has 2 aromatic heterocycles. The molecule has 0 aliphatic carbocycles. The first-order valence-electron chi connectivity index (χ1n) is 9.42. The fourth-order valence-corrected chi connectivity index (χ4v) is 3.56. The van der Waals surface area contributed by atoms with Crippen molar-refractivity contribution in [3.63, 3.8) is 0 Å². The van der Waals surface area contributed by atoms with Crippen molar-refractivity contribution in [1.82, 2.24) is 24.8 Å². The minimum atomic E-state index is -0.135. The number of hydrogen-bond donors (Lipinski definition) is 1. The second-order valence-corrected chi connectivity index (χ2v) is 6.98. The molecule has 0 saturated heterocycles. The Kier molecular flexibility index (Phi) is 5.26. The number of fused-ring (bicyclic) bond motifs is 1. The van der Waals surface area contributed by atoms with Gasteiger partial charge in [-0.3, -0.25) is 14.7 Å². The van der Waals surface area contributed by atoms with Gasteiger partial charge < -0.3 is 14.5 Å². The number of aromatic nitrogens is 4. The predicted molar refractivity (Wildman–Crippen MR) is 108 cm³/mol. The van der Waals surface area contributed by atoms with Crippen molar-refractivity contribution in [3.8, 4) is 23.0 Å². The van der Waals surface area contributed by atoms with Crippen LogP contribution in [0, 0.1) is 6.92 Å². The molecule has 0 amide bonds. The summed E-state index contributed by atoms with van der Waals surface area (Å²) in [5.74, 6) is 2.01. The van der Waals surface area contributed by atoms with Gasteiger partial charge in [-0.15, -0.1) is 0 Å². The first-order valence-corrected chi connectivity index (χ1v) is 9.42. The fraction of sp³-hybridized carbons (Fsp3) is 0.333. The van der Waals surface area contributed by atoms with Crippen LogP contribution >= 0.6 is 0 Å². The summed E-state index contributed by atoms with van der Waals surface area (Å²) in [5.41, 5.74) is 3.72. The molecule has 0 unspecified atom stereocenters. The SMILES string of the molecule is COc1cccc(OC)c1CN1CCc2nc(-c3cnc(C)cn3)[nH]c(=O)c2C1. The molecular formula is C21H23N5O3. The van der Waals surface area contributed by atoms with Gasteiger partial charge >= 0.3 is 0 Å². The quantitative estimate of drug-likeness (QED) is 0.710. The third-order valence-corrected chi connectivity index (χ3v) is 5.08. The highest BCUT2D eigenvalue weighted by Gasteiger charge is 2.24. The lowest BCUT2D eigenvalue weighted by molar-refractivity contribution is 0.234. The van der Waals surface area contributed by atoms with E-state index in [2.05, 4.69) is 24.8 Å². The van der Waals surface area contributed by atoms with Crippen molar-refractivity contribution in [1.29, 1.82) is 0 Å². The number of rotatable bonds is 5. The van der Waals surface area contributed by atoms with Crippen LogP contribution in [0.3, 0.4) is 0 Å². The Labute approximate surface area is 168 Å². The Morgan fingerprint density at radius 1 is 1.14 bits per heavy atom. The first-order chi connectivity index (χ1) is 14.1. The topological polar surface area (TPSA) is 93.2 Å². The summed E-state index contributed by atoms with van der Waals surface area (Å²) in [6.07, 6.45) is 3.98. The smallest absolute Gasteiger partial charge is 0.255 e. The van der Waals surface area contributed by atoms with E-state index >= 15 is 0 Å².